The van der Waals surface area contributed by atoms with Gasteiger partial charge in [-0.3, -0.25) is 0 Å². The first kappa shape index (κ1) is 16.2. The van der Waals surface area contributed by atoms with E-state index < -0.39 is 30.2 Å². The van der Waals surface area contributed by atoms with Crippen LogP contribution in [0.4, 0.5) is 0 Å². The van der Waals surface area contributed by atoms with E-state index >= 15 is 0 Å². The molecule has 8 heteroatoms. The Hall–Kier alpha value is -0.757. The Balaban J connectivity index is 4.72. The molecule has 6 nitrogen and oxygen atoms in total. The van der Waals surface area contributed by atoms with Crippen molar-refractivity contribution >= 4 is 40.3 Å². The van der Waals surface area contributed by atoms with Crippen LogP contribution in [0, 0.1) is 0 Å². The maximum atomic E-state index is 11.2. The zero-order valence-corrected chi connectivity index (χ0v) is 12.8. The van der Waals surface area contributed by atoms with Crippen LogP contribution in [-0.2, 0) is 28.6 Å². The molecule has 0 aromatic carbocycles. The standard InChI is InChI=1S/C9H15ClGeO6/c1-15-7(12)4-11(10,5-8(13)16-2)6-9(14)17-3/h4-6H2,1-3H3. The molecule has 0 atom stereocenters. The van der Waals surface area contributed by atoms with E-state index in [0.717, 1.165) is 0 Å². The molecule has 0 N–H and O–H groups in total. The van der Waals surface area contributed by atoms with Gasteiger partial charge < -0.3 is 0 Å². The molecule has 0 rings (SSSR count). The van der Waals surface area contributed by atoms with Gasteiger partial charge in [-0.05, 0) is 0 Å². The number of methoxy groups -OCH3 is 3. The Bertz CT molecular complexity index is 260. The van der Waals surface area contributed by atoms with Crippen LogP contribution < -0.4 is 0 Å². The minimum atomic E-state index is -3.50. The average molecular weight is 327 g/mol. The Kier molecular flexibility index (Phi) is 7.21. The van der Waals surface area contributed by atoms with Gasteiger partial charge in [0.25, 0.3) is 0 Å². The van der Waals surface area contributed by atoms with E-state index in [1.54, 1.807) is 0 Å². The van der Waals surface area contributed by atoms with Gasteiger partial charge in [0.1, 0.15) is 0 Å². The topological polar surface area (TPSA) is 78.9 Å². The molecule has 0 bridgehead atoms. The first-order valence-electron chi connectivity index (χ1n) is 4.76. The summed E-state index contributed by atoms with van der Waals surface area (Å²) in [4.78, 5) is 33.6. The van der Waals surface area contributed by atoms with Crippen LogP contribution >= 0.6 is 10.0 Å². The number of hydrogen-bond donors (Lipinski definition) is 0. The van der Waals surface area contributed by atoms with Crippen LogP contribution in [0.1, 0.15) is 0 Å². The predicted molar refractivity (Wildman–Crippen MR) is 62.1 cm³/mol. The van der Waals surface area contributed by atoms with Gasteiger partial charge in [-0.2, -0.15) is 0 Å². The van der Waals surface area contributed by atoms with Gasteiger partial charge in [0.2, 0.25) is 0 Å². The summed E-state index contributed by atoms with van der Waals surface area (Å²) >= 11 is -3.50. The number of halogens is 1. The van der Waals surface area contributed by atoms with Gasteiger partial charge in [0.15, 0.2) is 0 Å². The van der Waals surface area contributed by atoms with E-state index in [1.807, 2.05) is 0 Å². The van der Waals surface area contributed by atoms with Crippen molar-refractivity contribution in [2.75, 3.05) is 21.3 Å². The van der Waals surface area contributed by atoms with E-state index in [-0.39, 0.29) is 15.8 Å². The molecule has 0 spiro atoms. The van der Waals surface area contributed by atoms with Crippen LogP contribution in [0.15, 0.2) is 0 Å². The summed E-state index contributed by atoms with van der Waals surface area (Å²) in [6.45, 7) is 0. The van der Waals surface area contributed by atoms with Crippen molar-refractivity contribution in [3.05, 3.63) is 0 Å². The molecule has 0 fully saturated rings. The van der Waals surface area contributed by atoms with Crippen LogP contribution in [0.2, 0.25) is 15.8 Å². The van der Waals surface area contributed by atoms with Crippen molar-refractivity contribution in [1.29, 1.82) is 0 Å². The Labute approximate surface area is 106 Å². The molecule has 0 unspecified atom stereocenters. The summed E-state index contributed by atoms with van der Waals surface area (Å²) in [5.74, 6) is -1.60. The SMILES string of the molecule is COC(=O)[CH2][Ge]([Cl])([CH2]C(=O)OC)[CH2]C(=O)OC. The zero-order chi connectivity index (χ0) is 13.5. The van der Waals surface area contributed by atoms with Gasteiger partial charge >= 0.3 is 106 Å². The van der Waals surface area contributed by atoms with Crippen LogP contribution in [0.3, 0.4) is 0 Å². The molecule has 0 amide bonds. The van der Waals surface area contributed by atoms with E-state index in [2.05, 4.69) is 14.2 Å². The molecule has 0 heterocycles. The zero-order valence-electron chi connectivity index (χ0n) is 9.95. The minimum absolute atomic E-state index is 0.0950. The number of hydrogen-bond acceptors (Lipinski definition) is 6. The first-order valence-corrected chi connectivity index (χ1v) is 12.0. The molecule has 0 aliphatic heterocycles. The summed E-state index contributed by atoms with van der Waals surface area (Å²) < 4.78 is 13.5. The van der Waals surface area contributed by atoms with Gasteiger partial charge in [-0.15, -0.1) is 0 Å². The number of rotatable bonds is 6. The molecule has 0 aliphatic rings. The van der Waals surface area contributed by atoms with Crippen molar-refractivity contribution in [1.82, 2.24) is 0 Å². The van der Waals surface area contributed by atoms with Crippen LogP contribution in [0.25, 0.3) is 0 Å². The quantitative estimate of drug-likeness (QED) is 0.406. The monoisotopic (exact) mass is 328 g/mol. The molecule has 0 aromatic rings. The van der Waals surface area contributed by atoms with Crippen molar-refractivity contribution in [2.45, 2.75) is 15.8 Å². The van der Waals surface area contributed by atoms with Crippen molar-refractivity contribution < 1.29 is 28.6 Å². The second kappa shape index (κ2) is 7.55. The Morgan fingerprint density at radius 3 is 1.24 bits per heavy atom. The molecular weight excluding hydrogens is 312 g/mol. The Morgan fingerprint density at radius 1 is 0.824 bits per heavy atom. The van der Waals surface area contributed by atoms with Gasteiger partial charge in [0.05, 0.1) is 0 Å². The molecule has 0 aromatic heterocycles. The predicted octanol–water partition coefficient (Wildman–Crippen LogP) is 0.690. The summed E-state index contributed by atoms with van der Waals surface area (Å²) in [5, 5.41) is -0.285. The second-order valence-electron chi connectivity index (χ2n) is 3.41. The third kappa shape index (κ3) is 6.52. The van der Waals surface area contributed by atoms with Crippen molar-refractivity contribution in [3.63, 3.8) is 0 Å². The summed E-state index contributed by atoms with van der Waals surface area (Å²) in [7, 11) is 9.91. The fraction of sp³-hybridized carbons (Fsp3) is 0.667. The molecule has 0 saturated heterocycles. The maximum absolute atomic E-state index is 11.2. The average Bonchev–Trinajstić information content (AvgIpc) is 2.27. The molecule has 17 heavy (non-hydrogen) atoms. The normalized spacial score (nSPS) is 10.6. The number of carbonyl (C=O) groups excluding carboxylic acids is 3. The fourth-order valence-electron chi connectivity index (χ4n) is 1.18. The first-order chi connectivity index (χ1) is 7.86. The van der Waals surface area contributed by atoms with E-state index in [1.165, 1.54) is 21.3 Å². The van der Waals surface area contributed by atoms with Crippen molar-refractivity contribution in [3.8, 4) is 0 Å². The Morgan fingerprint density at radius 2 is 1.06 bits per heavy atom. The number of carbonyl (C=O) groups is 3. The van der Waals surface area contributed by atoms with Gasteiger partial charge in [0, 0.05) is 0 Å². The fourth-order valence-corrected chi connectivity index (χ4v) is 7.83. The third-order valence-corrected chi connectivity index (χ3v) is 9.95. The van der Waals surface area contributed by atoms with Crippen LogP contribution in [-0.4, -0.2) is 51.6 Å². The molecule has 98 valence electrons. The molecular formula is C9H15ClGeO6. The third-order valence-electron chi connectivity index (χ3n) is 2.07. The van der Waals surface area contributed by atoms with Gasteiger partial charge in [-0.25, -0.2) is 0 Å². The molecule has 0 saturated carbocycles. The van der Waals surface area contributed by atoms with Gasteiger partial charge in [-0.1, -0.05) is 0 Å². The molecule has 0 aliphatic carbocycles. The van der Waals surface area contributed by atoms with E-state index in [0.29, 0.717) is 0 Å². The van der Waals surface area contributed by atoms with Crippen molar-refractivity contribution in [2.24, 2.45) is 0 Å². The summed E-state index contributed by atoms with van der Waals surface area (Å²) in [6.07, 6.45) is 0. The van der Waals surface area contributed by atoms with E-state index in [9.17, 15) is 14.4 Å². The summed E-state index contributed by atoms with van der Waals surface area (Å²) in [5.41, 5.74) is 0. The number of esters is 3. The number of ether oxygens (including phenoxy) is 3. The van der Waals surface area contributed by atoms with Crippen LogP contribution in [0.5, 0.6) is 0 Å². The second-order valence-corrected chi connectivity index (χ2v) is 14.6. The van der Waals surface area contributed by atoms with E-state index in [4.69, 9.17) is 10.0 Å². The summed E-state index contributed by atoms with van der Waals surface area (Å²) in [6, 6.07) is 0. The molecule has 0 radical (unpaired) electrons.